The predicted molar refractivity (Wildman–Crippen MR) is 61.2 cm³/mol. The highest BCUT2D eigenvalue weighted by molar-refractivity contribution is 6.31. The van der Waals surface area contributed by atoms with E-state index in [9.17, 15) is 4.79 Å². The van der Waals surface area contributed by atoms with E-state index in [0.29, 0.717) is 17.1 Å². The Hall–Kier alpha value is -1.81. The van der Waals surface area contributed by atoms with Gasteiger partial charge in [-0.25, -0.2) is 0 Å². The molecule has 82 valence electrons. The average Bonchev–Trinajstić information content (AvgIpc) is 2.81. The monoisotopic (exact) mass is 235 g/mol. The topological polar surface area (TPSA) is 57.8 Å². The lowest BCUT2D eigenvalue weighted by Gasteiger charge is -2.05. The Bertz CT molecular complexity index is 482. The lowest BCUT2D eigenvalue weighted by Crippen LogP contribution is -2.22. The summed E-state index contributed by atoms with van der Waals surface area (Å²) >= 11 is 5.96. The molecule has 1 amide bonds. The first-order chi connectivity index (χ1) is 7.77. The fourth-order valence-electron chi connectivity index (χ4n) is 1.29. The van der Waals surface area contributed by atoms with Crippen LogP contribution in [0.5, 0.6) is 0 Å². The van der Waals surface area contributed by atoms with Crippen LogP contribution in [0, 0.1) is 0 Å². The van der Waals surface area contributed by atoms with Crippen LogP contribution in [0.4, 0.5) is 0 Å². The summed E-state index contributed by atoms with van der Waals surface area (Å²) in [7, 11) is 0. The zero-order chi connectivity index (χ0) is 11.4. The number of halogens is 1. The molecule has 1 aromatic heterocycles. The van der Waals surface area contributed by atoms with E-state index in [-0.39, 0.29) is 5.91 Å². The first-order valence-corrected chi connectivity index (χ1v) is 5.15. The van der Waals surface area contributed by atoms with Gasteiger partial charge < -0.3 is 5.32 Å². The van der Waals surface area contributed by atoms with Gasteiger partial charge in [-0.15, -0.1) is 0 Å². The Morgan fingerprint density at radius 3 is 2.94 bits per heavy atom. The number of carbonyl (C=O) groups excluding carboxylic acids is 1. The van der Waals surface area contributed by atoms with Crippen LogP contribution in [0.25, 0.3) is 0 Å². The Morgan fingerprint density at radius 2 is 2.25 bits per heavy atom. The van der Waals surface area contributed by atoms with Crippen molar-refractivity contribution in [1.82, 2.24) is 15.5 Å². The fraction of sp³-hybridized carbons (Fsp3) is 0.0909. The van der Waals surface area contributed by atoms with Crippen molar-refractivity contribution in [2.45, 2.75) is 6.54 Å². The van der Waals surface area contributed by atoms with Crippen molar-refractivity contribution in [3.8, 4) is 0 Å². The SMILES string of the molecule is O=C(NCc1ccccc1Cl)c1cn[nH]c1. The molecule has 0 aliphatic rings. The maximum absolute atomic E-state index is 11.6. The summed E-state index contributed by atoms with van der Waals surface area (Å²) < 4.78 is 0. The van der Waals surface area contributed by atoms with E-state index in [1.807, 2.05) is 18.2 Å². The number of hydrogen-bond donors (Lipinski definition) is 2. The number of aromatic nitrogens is 2. The molecule has 0 aliphatic heterocycles. The molecule has 2 N–H and O–H groups in total. The molecule has 0 aliphatic carbocycles. The van der Waals surface area contributed by atoms with Gasteiger partial charge in [0.15, 0.2) is 0 Å². The molecule has 0 saturated heterocycles. The second-order valence-corrected chi connectivity index (χ2v) is 3.67. The number of amides is 1. The second-order valence-electron chi connectivity index (χ2n) is 3.26. The third-order valence-electron chi connectivity index (χ3n) is 2.16. The minimum absolute atomic E-state index is 0.173. The van der Waals surface area contributed by atoms with Crippen LogP contribution < -0.4 is 5.32 Å². The highest BCUT2D eigenvalue weighted by Crippen LogP contribution is 2.14. The molecule has 1 aromatic carbocycles. The number of hydrogen-bond acceptors (Lipinski definition) is 2. The average molecular weight is 236 g/mol. The highest BCUT2D eigenvalue weighted by atomic mass is 35.5. The van der Waals surface area contributed by atoms with Crippen molar-refractivity contribution in [3.63, 3.8) is 0 Å². The molecule has 2 rings (SSSR count). The molecule has 0 saturated carbocycles. The zero-order valence-corrected chi connectivity index (χ0v) is 9.16. The summed E-state index contributed by atoms with van der Waals surface area (Å²) in [6.07, 6.45) is 3.02. The third kappa shape index (κ3) is 2.41. The molecular formula is C11H10ClN3O. The number of nitrogens with zero attached hydrogens (tertiary/aromatic N) is 1. The Morgan fingerprint density at radius 1 is 1.44 bits per heavy atom. The lowest BCUT2D eigenvalue weighted by molar-refractivity contribution is 0.0951. The van der Waals surface area contributed by atoms with E-state index in [2.05, 4.69) is 15.5 Å². The van der Waals surface area contributed by atoms with Gasteiger partial charge in [0.05, 0.1) is 11.8 Å². The van der Waals surface area contributed by atoms with E-state index in [1.54, 1.807) is 12.3 Å². The van der Waals surface area contributed by atoms with Gasteiger partial charge in [-0.2, -0.15) is 5.10 Å². The predicted octanol–water partition coefficient (Wildman–Crippen LogP) is 1.99. The zero-order valence-electron chi connectivity index (χ0n) is 8.40. The van der Waals surface area contributed by atoms with Crippen molar-refractivity contribution in [3.05, 3.63) is 52.8 Å². The minimum atomic E-state index is -0.173. The van der Waals surface area contributed by atoms with Crippen LogP contribution >= 0.6 is 11.6 Å². The molecule has 5 heteroatoms. The number of nitrogens with one attached hydrogen (secondary N) is 2. The van der Waals surface area contributed by atoms with Crippen molar-refractivity contribution in [2.24, 2.45) is 0 Å². The third-order valence-corrected chi connectivity index (χ3v) is 2.53. The van der Waals surface area contributed by atoms with Crippen LogP contribution in [0.3, 0.4) is 0 Å². The summed E-state index contributed by atoms with van der Waals surface area (Å²) in [5.41, 5.74) is 1.40. The number of H-pyrrole nitrogens is 1. The first-order valence-electron chi connectivity index (χ1n) is 4.78. The minimum Gasteiger partial charge on any atom is -0.348 e. The smallest absolute Gasteiger partial charge is 0.254 e. The van der Waals surface area contributed by atoms with Crippen molar-refractivity contribution >= 4 is 17.5 Å². The molecule has 4 nitrogen and oxygen atoms in total. The molecule has 0 bridgehead atoms. The molecule has 1 heterocycles. The molecule has 2 aromatic rings. The van der Waals surface area contributed by atoms with Crippen LogP contribution in [0.15, 0.2) is 36.7 Å². The van der Waals surface area contributed by atoms with E-state index in [4.69, 9.17) is 11.6 Å². The summed E-state index contributed by atoms with van der Waals surface area (Å²) in [6.45, 7) is 0.406. The normalized spacial score (nSPS) is 10.1. The molecule has 0 fully saturated rings. The van der Waals surface area contributed by atoms with Crippen LogP contribution in [-0.2, 0) is 6.54 Å². The number of rotatable bonds is 3. The van der Waals surface area contributed by atoms with Gasteiger partial charge in [0.1, 0.15) is 0 Å². The van der Waals surface area contributed by atoms with Gasteiger partial charge in [-0.1, -0.05) is 29.8 Å². The van der Waals surface area contributed by atoms with Crippen molar-refractivity contribution in [1.29, 1.82) is 0 Å². The summed E-state index contributed by atoms with van der Waals surface area (Å²) in [6, 6.07) is 7.40. The van der Waals surface area contributed by atoms with Crippen LogP contribution in [0.2, 0.25) is 5.02 Å². The molecule has 0 radical (unpaired) electrons. The maximum Gasteiger partial charge on any atom is 0.254 e. The summed E-state index contributed by atoms with van der Waals surface area (Å²) in [5, 5.41) is 9.69. The Kier molecular flexibility index (Phi) is 3.22. The molecule has 0 unspecified atom stereocenters. The van der Waals surface area contributed by atoms with Gasteiger partial charge in [-0.3, -0.25) is 9.89 Å². The summed E-state index contributed by atoms with van der Waals surface area (Å²) in [5.74, 6) is -0.173. The van der Waals surface area contributed by atoms with Gasteiger partial charge in [0.2, 0.25) is 0 Å². The van der Waals surface area contributed by atoms with E-state index in [0.717, 1.165) is 5.56 Å². The quantitative estimate of drug-likeness (QED) is 0.855. The van der Waals surface area contributed by atoms with Crippen LogP contribution in [0.1, 0.15) is 15.9 Å². The summed E-state index contributed by atoms with van der Waals surface area (Å²) in [4.78, 5) is 11.6. The standard InChI is InChI=1S/C11H10ClN3O/c12-10-4-2-1-3-8(10)5-13-11(16)9-6-14-15-7-9/h1-4,6-7H,5H2,(H,13,16)(H,14,15). The highest BCUT2D eigenvalue weighted by Gasteiger charge is 2.06. The molecular weight excluding hydrogens is 226 g/mol. The number of aromatic amines is 1. The van der Waals surface area contributed by atoms with Crippen molar-refractivity contribution < 1.29 is 4.79 Å². The molecule has 0 atom stereocenters. The second kappa shape index (κ2) is 4.81. The largest absolute Gasteiger partial charge is 0.348 e. The van der Waals surface area contributed by atoms with Crippen LogP contribution in [-0.4, -0.2) is 16.1 Å². The number of carbonyl (C=O) groups is 1. The molecule has 16 heavy (non-hydrogen) atoms. The van der Waals surface area contributed by atoms with E-state index in [1.165, 1.54) is 6.20 Å². The Balaban J connectivity index is 1.98. The molecule has 0 spiro atoms. The first kappa shape index (κ1) is 10.7. The van der Waals surface area contributed by atoms with E-state index < -0.39 is 0 Å². The van der Waals surface area contributed by atoms with Gasteiger partial charge in [0.25, 0.3) is 5.91 Å². The van der Waals surface area contributed by atoms with Crippen molar-refractivity contribution in [2.75, 3.05) is 0 Å². The van der Waals surface area contributed by atoms with E-state index >= 15 is 0 Å². The lowest BCUT2D eigenvalue weighted by atomic mass is 10.2. The van der Waals surface area contributed by atoms with Gasteiger partial charge in [0, 0.05) is 17.8 Å². The maximum atomic E-state index is 11.6. The fourth-order valence-corrected chi connectivity index (χ4v) is 1.50. The number of benzene rings is 1. The van der Waals surface area contributed by atoms with Gasteiger partial charge in [-0.05, 0) is 11.6 Å². The Labute approximate surface area is 97.6 Å². The van der Waals surface area contributed by atoms with Gasteiger partial charge >= 0.3 is 0 Å².